The van der Waals surface area contributed by atoms with Crippen LogP contribution in [0.15, 0.2) is 40.5 Å². The van der Waals surface area contributed by atoms with Crippen LogP contribution in [0.1, 0.15) is 48.9 Å². The van der Waals surface area contributed by atoms with Crippen LogP contribution in [-0.4, -0.2) is 31.5 Å². The lowest BCUT2D eigenvalue weighted by molar-refractivity contribution is 0.0952. The van der Waals surface area contributed by atoms with Crippen LogP contribution in [0.25, 0.3) is 0 Å². The van der Waals surface area contributed by atoms with Crippen molar-refractivity contribution in [2.75, 3.05) is 20.8 Å². The van der Waals surface area contributed by atoms with Gasteiger partial charge in [-0.05, 0) is 37.0 Å². The van der Waals surface area contributed by atoms with Gasteiger partial charge in [0.15, 0.2) is 11.5 Å². The topological polar surface area (TPSA) is 109 Å². The van der Waals surface area contributed by atoms with Crippen molar-refractivity contribution in [3.05, 3.63) is 62.9 Å². The molecule has 2 unspecified atom stereocenters. The Labute approximate surface area is 193 Å². The van der Waals surface area contributed by atoms with E-state index in [0.717, 1.165) is 25.0 Å². The Morgan fingerprint density at radius 1 is 1.24 bits per heavy atom. The smallest absolute Gasteiger partial charge is 0.258 e. The van der Waals surface area contributed by atoms with Crippen LogP contribution in [0.3, 0.4) is 0 Å². The first-order valence-corrected chi connectivity index (χ1v) is 11.2. The van der Waals surface area contributed by atoms with E-state index in [1.54, 1.807) is 30.9 Å². The van der Waals surface area contributed by atoms with Crippen molar-refractivity contribution in [1.29, 1.82) is 5.26 Å². The van der Waals surface area contributed by atoms with E-state index in [1.807, 2.05) is 12.1 Å². The van der Waals surface area contributed by atoms with Gasteiger partial charge < -0.3 is 29.2 Å². The summed E-state index contributed by atoms with van der Waals surface area (Å²) in [5.74, 6) is 0.767. The third-order valence-electron chi connectivity index (χ3n) is 6.23. The average Bonchev–Trinajstić information content (AvgIpc) is 3.33. The van der Waals surface area contributed by atoms with Gasteiger partial charge in [-0.25, -0.2) is 0 Å². The number of pyridine rings is 1. The summed E-state index contributed by atoms with van der Waals surface area (Å²) in [7, 11) is 3.10. The summed E-state index contributed by atoms with van der Waals surface area (Å²) in [6.45, 7) is 3.25. The summed E-state index contributed by atoms with van der Waals surface area (Å²) in [5, 5.41) is 9.92. The minimum Gasteiger partial charge on any atom is -0.493 e. The molecule has 0 aliphatic carbocycles. The number of aromatic nitrogens is 1. The van der Waals surface area contributed by atoms with Gasteiger partial charge in [0.2, 0.25) is 5.88 Å². The zero-order valence-corrected chi connectivity index (χ0v) is 19.2. The van der Waals surface area contributed by atoms with Crippen LogP contribution in [-0.2, 0) is 17.7 Å². The van der Waals surface area contributed by atoms with Crippen molar-refractivity contribution in [1.82, 2.24) is 4.57 Å². The highest BCUT2D eigenvalue weighted by molar-refractivity contribution is 5.57. The maximum absolute atomic E-state index is 13.9. The minimum absolute atomic E-state index is 0.00325. The molecule has 1 aromatic carbocycles. The Kier molecular flexibility index (Phi) is 6.61. The minimum atomic E-state index is -0.683. The fourth-order valence-corrected chi connectivity index (χ4v) is 4.64. The first-order valence-electron chi connectivity index (χ1n) is 11.2. The van der Waals surface area contributed by atoms with Crippen molar-refractivity contribution >= 4 is 0 Å². The van der Waals surface area contributed by atoms with Gasteiger partial charge >= 0.3 is 0 Å². The molecule has 0 amide bonds. The van der Waals surface area contributed by atoms with E-state index in [1.165, 1.54) is 0 Å². The van der Waals surface area contributed by atoms with Gasteiger partial charge in [-0.2, -0.15) is 5.26 Å². The summed E-state index contributed by atoms with van der Waals surface area (Å²) in [4.78, 5) is 13.9. The van der Waals surface area contributed by atoms with Crippen LogP contribution in [0, 0.1) is 11.3 Å². The number of aryl methyl sites for hydroxylation is 1. The number of nitrogens with zero attached hydrogens (tertiary/aromatic N) is 2. The van der Waals surface area contributed by atoms with Gasteiger partial charge in [0.05, 0.1) is 38.3 Å². The van der Waals surface area contributed by atoms with Gasteiger partial charge in [0.25, 0.3) is 5.56 Å². The molecule has 33 heavy (non-hydrogen) atoms. The molecule has 2 atom stereocenters. The van der Waals surface area contributed by atoms with Gasteiger partial charge in [0.1, 0.15) is 17.4 Å². The van der Waals surface area contributed by atoms with Crippen LogP contribution >= 0.6 is 0 Å². The van der Waals surface area contributed by atoms with E-state index >= 15 is 0 Å². The molecule has 174 valence electrons. The molecule has 4 rings (SSSR count). The number of ether oxygens (including phenoxy) is 4. The molecular weight excluding hydrogens is 422 g/mol. The van der Waals surface area contributed by atoms with E-state index in [4.69, 9.17) is 24.7 Å². The van der Waals surface area contributed by atoms with Gasteiger partial charge in [-0.15, -0.1) is 0 Å². The zero-order chi connectivity index (χ0) is 23.5. The number of rotatable bonds is 7. The predicted molar refractivity (Wildman–Crippen MR) is 123 cm³/mol. The predicted octanol–water partition coefficient (Wildman–Crippen LogP) is 3.22. The number of nitrogens with two attached hydrogens (primary N) is 1. The van der Waals surface area contributed by atoms with Crippen molar-refractivity contribution in [3.63, 3.8) is 0 Å². The van der Waals surface area contributed by atoms with Crippen LogP contribution < -0.4 is 25.5 Å². The Bertz CT molecular complexity index is 1170. The number of benzene rings is 1. The Morgan fingerprint density at radius 2 is 2.03 bits per heavy atom. The number of methoxy groups -OCH3 is 2. The molecule has 1 fully saturated rings. The highest BCUT2D eigenvalue weighted by Gasteiger charge is 2.35. The lowest BCUT2D eigenvalue weighted by Gasteiger charge is -2.28. The molecule has 2 aliphatic heterocycles. The second-order valence-corrected chi connectivity index (χ2v) is 8.25. The van der Waals surface area contributed by atoms with Crippen LogP contribution in [0.4, 0.5) is 0 Å². The molecule has 0 saturated carbocycles. The third kappa shape index (κ3) is 4.16. The molecular formula is C25H29N3O5. The fourth-order valence-electron chi connectivity index (χ4n) is 4.64. The number of nitriles is 1. The molecule has 3 heterocycles. The van der Waals surface area contributed by atoms with E-state index in [0.29, 0.717) is 47.9 Å². The Morgan fingerprint density at radius 3 is 2.67 bits per heavy atom. The largest absolute Gasteiger partial charge is 0.493 e. The molecule has 0 radical (unpaired) electrons. The molecule has 8 heteroatoms. The van der Waals surface area contributed by atoms with E-state index in [2.05, 4.69) is 13.0 Å². The summed E-state index contributed by atoms with van der Waals surface area (Å²) < 4.78 is 24.2. The van der Waals surface area contributed by atoms with Crippen molar-refractivity contribution in [2.45, 2.75) is 51.2 Å². The van der Waals surface area contributed by atoms with Crippen molar-refractivity contribution in [3.8, 4) is 23.3 Å². The standard InChI is InChI=1S/C25H29N3O5/c1-4-6-16-12-21-23(25(29)28(16)14-17-7-5-10-32-17)22(18(13-26)24(27)33-21)15-8-9-19(30-2)20(11-15)31-3/h8-9,11-12,17,22H,4-7,10,14,27H2,1-3H3. The molecule has 1 aromatic heterocycles. The molecule has 2 aromatic rings. The third-order valence-corrected chi connectivity index (χ3v) is 6.23. The lowest BCUT2D eigenvalue weighted by Crippen LogP contribution is -2.35. The fraction of sp³-hybridized carbons (Fsp3) is 0.440. The molecule has 0 bridgehead atoms. The van der Waals surface area contributed by atoms with E-state index in [-0.39, 0.29) is 23.1 Å². The quantitative estimate of drug-likeness (QED) is 0.688. The van der Waals surface area contributed by atoms with Crippen LogP contribution in [0.5, 0.6) is 17.2 Å². The summed E-state index contributed by atoms with van der Waals surface area (Å²) >= 11 is 0. The first-order chi connectivity index (χ1) is 16.0. The molecule has 2 aliphatic rings. The van der Waals surface area contributed by atoms with Gasteiger partial charge in [0, 0.05) is 18.4 Å². The van der Waals surface area contributed by atoms with Crippen LogP contribution in [0.2, 0.25) is 0 Å². The molecule has 8 nitrogen and oxygen atoms in total. The SMILES string of the molecule is CCCc1cc2c(c(=O)n1CC1CCCO1)C(c1ccc(OC)c(OC)c1)C(C#N)=C(N)O2. The number of allylic oxidation sites excluding steroid dienone is 1. The van der Waals surface area contributed by atoms with E-state index < -0.39 is 5.92 Å². The van der Waals surface area contributed by atoms with Gasteiger partial charge in [-0.1, -0.05) is 19.4 Å². The van der Waals surface area contributed by atoms with Crippen molar-refractivity contribution < 1.29 is 18.9 Å². The number of hydrogen-bond acceptors (Lipinski definition) is 7. The Hall–Kier alpha value is -3.44. The number of hydrogen-bond donors (Lipinski definition) is 1. The first kappa shape index (κ1) is 22.7. The normalized spacial score (nSPS) is 19.6. The van der Waals surface area contributed by atoms with E-state index in [9.17, 15) is 10.1 Å². The number of fused-ring (bicyclic) bond motifs is 1. The summed E-state index contributed by atoms with van der Waals surface area (Å²) in [5.41, 5.74) is 8.12. The molecule has 2 N–H and O–H groups in total. The highest BCUT2D eigenvalue weighted by Crippen LogP contribution is 2.43. The van der Waals surface area contributed by atoms with Gasteiger partial charge in [-0.3, -0.25) is 4.79 Å². The summed E-state index contributed by atoms with van der Waals surface area (Å²) in [6.07, 6.45) is 3.49. The molecule has 1 saturated heterocycles. The maximum Gasteiger partial charge on any atom is 0.258 e. The average molecular weight is 452 g/mol. The summed E-state index contributed by atoms with van der Waals surface area (Å²) in [6, 6.07) is 9.37. The maximum atomic E-state index is 13.9. The monoisotopic (exact) mass is 451 g/mol. The zero-order valence-electron chi connectivity index (χ0n) is 19.2. The Balaban J connectivity index is 1.92. The molecule has 0 spiro atoms. The highest BCUT2D eigenvalue weighted by atomic mass is 16.5. The second kappa shape index (κ2) is 9.59. The van der Waals surface area contributed by atoms with Crippen molar-refractivity contribution in [2.24, 2.45) is 5.73 Å². The lowest BCUT2D eigenvalue weighted by atomic mass is 9.83. The second-order valence-electron chi connectivity index (χ2n) is 8.25.